The Balaban J connectivity index is 1.43. The van der Waals surface area contributed by atoms with E-state index in [0.29, 0.717) is 16.5 Å². The zero-order valence-electron chi connectivity index (χ0n) is 18.3. The average Bonchev–Trinajstić information content (AvgIpc) is 3.32. The third kappa shape index (κ3) is 4.71. The molecule has 1 aliphatic heterocycles. The van der Waals surface area contributed by atoms with E-state index in [2.05, 4.69) is 0 Å². The molecule has 2 heterocycles. The number of nitrogens with zero attached hydrogens (tertiary/aromatic N) is 3. The van der Waals surface area contributed by atoms with Crippen molar-refractivity contribution in [1.82, 2.24) is 9.47 Å². The van der Waals surface area contributed by atoms with Gasteiger partial charge >= 0.3 is 0 Å². The quantitative estimate of drug-likeness (QED) is 0.170. The summed E-state index contributed by atoms with van der Waals surface area (Å²) >= 11 is 6.85. The van der Waals surface area contributed by atoms with Crippen molar-refractivity contribution < 1.29 is 14.5 Å². The molecule has 174 valence electrons. The van der Waals surface area contributed by atoms with Crippen molar-refractivity contribution in [3.8, 4) is 0 Å². The second-order valence-electron chi connectivity index (χ2n) is 8.05. The molecule has 0 unspecified atom stereocenters. The first kappa shape index (κ1) is 22.9. The maximum atomic E-state index is 13.0. The first-order chi connectivity index (χ1) is 16.9. The van der Waals surface area contributed by atoms with Gasteiger partial charge in [-0.25, -0.2) is 0 Å². The van der Waals surface area contributed by atoms with Crippen LogP contribution in [0.15, 0.2) is 83.9 Å². The van der Waals surface area contributed by atoms with Crippen LogP contribution in [0.3, 0.4) is 0 Å². The van der Waals surface area contributed by atoms with E-state index in [4.69, 9.17) is 11.6 Å². The normalized spacial score (nSPS) is 14.9. The van der Waals surface area contributed by atoms with Crippen molar-refractivity contribution in [1.29, 1.82) is 0 Å². The number of fused-ring (bicyclic) bond motifs is 1. The van der Waals surface area contributed by atoms with E-state index in [-0.39, 0.29) is 23.4 Å². The highest BCUT2D eigenvalue weighted by atomic mass is 35.5. The van der Waals surface area contributed by atoms with Gasteiger partial charge in [0, 0.05) is 46.4 Å². The Morgan fingerprint density at radius 3 is 2.29 bits per heavy atom. The lowest BCUT2D eigenvalue weighted by molar-refractivity contribution is -0.384. The summed E-state index contributed by atoms with van der Waals surface area (Å²) in [4.78, 5) is 37.7. The molecular weight excluding hydrogens is 486 g/mol. The van der Waals surface area contributed by atoms with Crippen LogP contribution in [0.2, 0.25) is 5.02 Å². The van der Waals surface area contributed by atoms with Crippen LogP contribution in [-0.4, -0.2) is 25.5 Å². The van der Waals surface area contributed by atoms with E-state index in [9.17, 15) is 19.7 Å². The maximum absolute atomic E-state index is 13.0. The predicted molar refractivity (Wildman–Crippen MR) is 137 cm³/mol. The highest BCUT2D eigenvalue weighted by Crippen LogP contribution is 2.35. The van der Waals surface area contributed by atoms with Gasteiger partial charge < -0.3 is 4.57 Å². The molecule has 1 aromatic heterocycles. The molecule has 1 fully saturated rings. The first-order valence-electron chi connectivity index (χ1n) is 10.7. The molecule has 9 heteroatoms. The maximum Gasteiger partial charge on any atom is 0.293 e. The molecule has 0 saturated carbocycles. The molecule has 35 heavy (non-hydrogen) atoms. The summed E-state index contributed by atoms with van der Waals surface area (Å²) in [6.45, 7) is 0.686. The number of amides is 2. The Hall–Kier alpha value is -3.88. The van der Waals surface area contributed by atoms with Crippen molar-refractivity contribution in [3.05, 3.63) is 116 Å². The van der Waals surface area contributed by atoms with E-state index < -0.39 is 4.92 Å². The van der Waals surface area contributed by atoms with Crippen molar-refractivity contribution in [2.45, 2.75) is 13.1 Å². The number of carbonyl (C=O) groups is 2. The minimum atomic E-state index is -0.424. The van der Waals surface area contributed by atoms with E-state index in [1.54, 1.807) is 42.5 Å². The Morgan fingerprint density at radius 1 is 0.914 bits per heavy atom. The molecule has 0 N–H and O–H groups in total. The molecule has 1 saturated heterocycles. The van der Waals surface area contributed by atoms with E-state index in [0.717, 1.165) is 39.4 Å². The number of nitro groups is 1. The van der Waals surface area contributed by atoms with Gasteiger partial charge in [0.2, 0.25) is 0 Å². The molecule has 7 nitrogen and oxygen atoms in total. The van der Waals surface area contributed by atoms with Crippen LogP contribution in [0.4, 0.5) is 10.5 Å². The molecular formula is C26H18ClN3O4S. The number of aromatic nitrogens is 1. The minimum absolute atomic E-state index is 0.0427. The van der Waals surface area contributed by atoms with E-state index in [1.165, 1.54) is 17.0 Å². The van der Waals surface area contributed by atoms with E-state index >= 15 is 0 Å². The van der Waals surface area contributed by atoms with Gasteiger partial charge in [-0.1, -0.05) is 54.1 Å². The van der Waals surface area contributed by atoms with Gasteiger partial charge in [-0.2, -0.15) is 0 Å². The standard InChI is InChI=1S/C26H18ClN3O4S/c27-20-9-5-18(6-10-20)15-29-25(31)24(35-26(29)32)13-19-16-28(23-4-2-1-3-22(19)23)14-17-7-11-21(12-8-17)30(33)34/h1-13,16H,14-15H2/b24-13-. The third-order valence-electron chi connectivity index (χ3n) is 5.73. The van der Waals surface area contributed by atoms with Crippen LogP contribution < -0.4 is 0 Å². The number of para-hydroxylation sites is 1. The molecule has 3 aromatic carbocycles. The zero-order chi connectivity index (χ0) is 24.5. The summed E-state index contributed by atoms with van der Waals surface area (Å²) in [7, 11) is 0. The third-order valence-corrected chi connectivity index (χ3v) is 6.89. The van der Waals surface area contributed by atoms with Crippen LogP contribution in [0.25, 0.3) is 17.0 Å². The summed E-state index contributed by atoms with van der Waals surface area (Å²) in [5, 5.41) is 12.2. The van der Waals surface area contributed by atoms with Gasteiger partial charge in [0.25, 0.3) is 16.8 Å². The number of thioether (sulfide) groups is 1. The van der Waals surface area contributed by atoms with Crippen LogP contribution in [0.1, 0.15) is 16.7 Å². The SMILES string of the molecule is O=C1S/C(=C\c2cn(Cc3ccc([N+](=O)[O-])cc3)c3ccccc23)C(=O)N1Cc1ccc(Cl)cc1. The highest BCUT2D eigenvalue weighted by Gasteiger charge is 2.35. The zero-order valence-corrected chi connectivity index (χ0v) is 19.8. The van der Waals surface area contributed by atoms with Gasteiger partial charge in [-0.15, -0.1) is 0 Å². The highest BCUT2D eigenvalue weighted by molar-refractivity contribution is 8.18. The number of benzene rings is 3. The molecule has 4 aromatic rings. The van der Waals surface area contributed by atoms with Gasteiger partial charge in [0.1, 0.15) is 0 Å². The van der Waals surface area contributed by atoms with Crippen molar-refractivity contribution in [3.63, 3.8) is 0 Å². The molecule has 0 radical (unpaired) electrons. The van der Waals surface area contributed by atoms with Gasteiger partial charge in [0.15, 0.2) is 0 Å². The van der Waals surface area contributed by atoms with Gasteiger partial charge in [0.05, 0.1) is 16.4 Å². The lowest BCUT2D eigenvalue weighted by Gasteiger charge is -2.12. The average molecular weight is 504 g/mol. The Labute approximate surface area is 209 Å². The van der Waals surface area contributed by atoms with Crippen molar-refractivity contribution in [2.75, 3.05) is 0 Å². The lowest BCUT2D eigenvalue weighted by atomic mass is 10.1. The summed E-state index contributed by atoms with van der Waals surface area (Å²) in [6, 6.07) is 21.3. The summed E-state index contributed by atoms with van der Waals surface area (Å²) < 4.78 is 2.03. The fraction of sp³-hybridized carbons (Fsp3) is 0.0769. The van der Waals surface area contributed by atoms with E-state index in [1.807, 2.05) is 35.0 Å². The number of rotatable bonds is 6. The molecule has 0 bridgehead atoms. The molecule has 2 amide bonds. The molecule has 0 aliphatic carbocycles. The summed E-state index contributed by atoms with van der Waals surface area (Å²) in [6.07, 6.45) is 3.68. The largest absolute Gasteiger partial charge is 0.342 e. The fourth-order valence-electron chi connectivity index (χ4n) is 3.99. The van der Waals surface area contributed by atoms with Crippen LogP contribution >= 0.6 is 23.4 Å². The first-order valence-corrected chi connectivity index (χ1v) is 11.9. The van der Waals surface area contributed by atoms with Crippen LogP contribution in [-0.2, 0) is 17.9 Å². The fourth-order valence-corrected chi connectivity index (χ4v) is 4.95. The lowest BCUT2D eigenvalue weighted by Crippen LogP contribution is -2.27. The summed E-state index contributed by atoms with van der Waals surface area (Å²) in [5.41, 5.74) is 3.54. The number of hydrogen-bond donors (Lipinski definition) is 0. The van der Waals surface area contributed by atoms with Gasteiger partial charge in [-0.3, -0.25) is 24.6 Å². The second-order valence-corrected chi connectivity index (χ2v) is 9.48. The second kappa shape index (κ2) is 9.40. The smallest absolute Gasteiger partial charge is 0.293 e. The number of halogens is 1. The number of imide groups is 1. The molecule has 0 spiro atoms. The predicted octanol–water partition coefficient (Wildman–Crippen LogP) is 6.49. The number of hydrogen-bond acceptors (Lipinski definition) is 5. The monoisotopic (exact) mass is 503 g/mol. The molecule has 1 aliphatic rings. The summed E-state index contributed by atoms with van der Waals surface area (Å²) in [5.74, 6) is -0.331. The van der Waals surface area contributed by atoms with Crippen molar-refractivity contribution >= 4 is 57.2 Å². The number of carbonyl (C=O) groups excluding carboxylic acids is 2. The molecule has 5 rings (SSSR count). The van der Waals surface area contributed by atoms with Gasteiger partial charge in [-0.05, 0) is 47.2 Å². The Kier molecular flexibility index (Phi) is 6.15. The number of non-ortho nitro benzene ring substituents is 1. The Bertz CT molecular complexity index is 1490. The molecule has 0 atom stereocenters. The van der Waals surface area contributed by atoms with Crippen LogP contribution in [0.5, 0.6) is 0 Å². The van der Waals surface area contributed by atoms with Crippen molar-refractivity contribution in [2.24, 2.45) is 0 Å². The number of nitro benzene ring substituents is 1. The topological polar surface area (TPSA) is 85.5 Å². The Morgan fingerprint density at radius 2 is 1.57 bits per heavy atom. The minimum Gasteiger partial charge on any atom is -0.342 e. The van der Waals surface area contributed by atoms with Crippen LogP contribution in [0, 0.1) is 10.1 Å².